The molecule has 0 amide bonds. The van der Waals surface area contributed by atoms with Crippen molar-refractivity contribution in [2.75, 3.05) is 0 Å². The van der Waals surface area contributed by atoms with E-state index in [1.54, 1.807) is 29.0 Å². The normalized spacial score (nSPS) is 14.5. The molecule has 166 valence electrons. The van der Waals surface area contributed by atoms with E-state index in [1.807, 2.05) is 12.1 Å². The van der Waals surface area contributed by atoms with Gasteiger partial charge < -0.3 is 9.67 Å². The van der Waals surface area contributed by atoms with Crippen molar-refractivity contribution in [3.05, 3.63) is 107 Å². The van der Waals surface area contributed by atoms with Crippen LogP contribution in [0.2, 0.25) is 0 Å². The van der Waals surface area contributed by atoms with Gasteiger partial charge in [0.1, 0.15) is 6.10 Å². The quantitative estimate of drug-likeness (QED) is 0.334. The second-order valence-electron chi connectivity index (χ2n) is 7.41. The maximum atomic E-state index is 13.0. The molecule has 32 heavy (non-hydrogen) atoms. The number of aliphatic hydroxyl groups excluding tert-OH is 1. The van der Waals surface area contributed by atoms with E-state index in [2.05, 4.69) is 0 Å². The number of alkyl halides is 6. The molecule has 0 saturated heterocycles. The van der Waals surface area contributed by atoms with Gasteiger partial charge in [0.15, 0.2) is 0 Å². The zero-order valence-corrected chi connectivity index (χ0v) is 16.4. The maximum Gasteiger partial charge on any atom is 0.416 e. The predicted molar refractivity (Wildman–Crippen MR) is 108 cm³/mol. The van der Waals surface area contributed by atoms with Gasteiger partial charge in [0.05, 0.1) is 17.2 Å². The summed E-state index contributed by atoms with van der Waals surface area (Å²) in [6.45, 7) is 0. The van der Waals surface area contributed by atoms with Crippen molar-refractivity contribution in [1.29, 1.82) is 0 Å². The summed E-state index contributed by atoms with van der Waals surface area (Å²) in [6, 6.07) is 16.7. The molecule has 4 aromatic rings. The minimum absolute atomic E-state index is 0.209. The third kappa shape index (κ3) is 4.23. The zero-order valence-electron chi connectivity index (χ0n) is 16.4. The smallest absolute Gasteiger partial charge is 0.386 e. The second-order valence-corrected chi connectivity index (χ2v) is 7.41. The number of hydrogen-bond donors (Lipinski definition) is 1. The van der Waals surface area contributed by atoms with Crippen LogP contribution in [0.5, 0.6) is 0 Å². The van der Waals surface area contributed by atoms with E-state index in [-0.39, 0.29) is 5.56 Å². The van der Waals surface area contributed by atoms with Crippen LogP contribution >= 0.6 is 0 Å². The summed E-state index contributed by atoms with van der Waals surface area (Å²) in [5.41, 5.74) is -0.372. The zero-order chi connectivity index (χ0) is 23.1. The minimum Gasteiger partial charge on any atom is -0.386 e. The van der Waals surface area contributed by atoms with Crippen molar-refractivity contribution in [2.24, 2.45) is 0 Å². The average molecular weight is 449 g/mol. The number of nitrogens with zero attached hydrogens (tertiary/aromatic N) is 1. The Morgan fingerprint density at radius 2 is 1.12 bits per heavy atom. The number of hydrogen-bond acceptors (Lipinski definition) is 1. The van der Waals surface area contributed by atoms with E-state index in [4.69, 9.17) is 0 Å². The van der Waals surface area contributed by atoms with E-state index in [9.17, 15) is 31.4 Å². The Hall–Kier alpha value is -3.26. The fraction of sp³-hybridized carbons (Fsp3) is 0.167. The van der Waals surface area contributed by atoms with Crippen LogP contribution in [0, 0.1) is 0 Å². The van der Waals surface area contributed by atoms with Crippen molar-refractivity contribution in [1.82, 2.24) is 4.57 Å². The molecule has 3 aromatic carbocycles. The topological polar surface area (TPSA) is 25.2 Å². The van der Waals surface area contributed by atoms with Gasteiger partial charge in [-0.25, -0.2) is 0 Å². The largest absolute Gasteiger partial charge is 0.416 e. The molecule has 0 radical (unpaired) electrons. The highest BCUT2D eigenvalue weighted by molar-refractivity contribution is 5.80. The highest BCUT2D eigenvalue weighted by Crippen LogP contribution is 2.38. The van der Waals surface area contributed by atoms with Crippen molar-refractivity contribution in [2.45, 2.75) is 24.5 Å². The van der Waals surface area contributed by atoms with E-state index in [1.165, 1.54) is 24.3 Å². The van der Waals surface area contributed by atoms with Crippen LogP contribution in [-0.4, -0.2) is 9.67 Å². The van der Waals surface area contributed by atoms with Crippen LogP contribution in [0.25, 0.3) is 10.9 Å². The maximum absolute atomic E-state index is 13.0. The van der Waals surface area contributed by atoms with Crippen molar-refractivity contribution in [3.63, 3.8) is 0 Å². The van der Waals surface area contributed by atoms with Gasteiger partial charge in [-0.1, -0.05) is 42.5 Å². The van der Waals surface area contributed by atoms with E-state index >= 15 is 0 Å². The second kappa shape index (κ2) is 8.02. The summed E-state index contributed by atoms with van der Waals surface area (Å²) in [6.07, 6.45) is -8.65. The molecule has 1 N–H and O–H groups in total. The van der Waals surface area contributed by atoms with Crippen LogP contribution in [0.3, 0.4) is 0 Å². The Morgan fingerprint density at radius 1 is 0.625 bits per heavy atom. The van der Waals surface area contributed by atoms with Gasteiger partial charge in [-0.3, -0.25) is 0 Å². The van der Waals surface area contributed by atoms with Crippen molar-refractivity contribution >= 4 is 10.9 Å². The van der Waals surface area contributed by atoms with Gasteiger partial charge in [0.25, 0.3) is 0 Å². The molecule has 0 saturated carbocycles. The first kappa shape index (κ1) is 22.0. The van der Waals surface area contributed by atoms with E-state index in [0.29, 0.717) is 5.56 Å². The molecule has 2 nitrogen and oxygen atoms in total. The standard InChI is InChI=1S/C24H17F6NO/c25-23(26,27)18-9-5-16(6-10-18)21(31-14-13-15-3-1-2-4-20(15)31)22(32)17-7-11-19(12-8-17)24(28,29)30/h1-14,21-22,32H. The number of rotatable bonds is 4. The monoisotopic (exact) mass is 449 g/mol. The molecule has 2 atom stereocenters. The van der Waals surface area contributed by atoms with Crippen molar-refractivity contribution in [3.8, 4) is 0 Å². The summed E-state index contributed by atoms with van der Waals surface area (Å²) >= 11 is 0. The number of benzene rings is 3. The molecular weight excluding hydrogens is 432 g/mol. The first-order chi connectivity index (χ1) is 15.1. The molecule has 1 heterocycles. The van der Waals surface area contributed by atoms with Crippen LogP contribution in [0.15, 0.2) is 85.1 Å². The lowest BCUT2D eigenvalue weighted by Gasteiger charge is -2.27. The summed E-state index contributed by atoms with van der Waals surface area (Å²) in [5, 5.41) is 12.0. The Morgan fingerprint density at radius 3 is 1.66 bits per heavy atom. The Kier molecular flexibility index (Phi) is 5.50. The van der Waals surface area contributed by atoms with Crippen LogP contribution in [0.4, 0.5) is 26.3 Å². The highest BCUT2D eigenvalue weighted by atomic mass is 19.4. The molecular formula is C24H17F6NO. The van der Waals surface area contributed by atoms with E-state index in [0.717, 1.165) is 35.2 Å². The van der Waals surface area contributed by atoms with Crippen LogP contribution in [-0.2, 0) is 12.4 Å². The van der Waals surface area contributed by atoms with E-state index < -0.39 is 35.6 Å². The molecule has 2 unspecified atom stereocenters. The lowest BCUT2D eigenvalue weighted by atomic mass is 9.94. The van der Waals surface area contributed by atoms with Crippen molar-refractivity contribution < 1.29 is 31.4 Å². The first-order valence-corrected chi connectivity index (χ1v) is 9.63. The molecule has 1 aromatic heterocycles. The first-order valence-electron chi connectivity index (χ1n) is 9.63. The third-order valence-electron chi connectivity index (χ3n) is 5.39. The minimum atomic E-state index is -4.52. The Bertz CT molecular complexity index is 1210. The fourth-order valence-electron chi connectivity index (χ4n) is 3.76. The van der Waals surface area contributed by atoms with Crippen LogP contribution < -0.4 is 0 Å². The number of halogens is 6. The number of para-hydroxylation sites is 1. The van der Waals surface area contributed by atoms with Gasteiger partial charge in [-0.2, -0.15) is 26.3 Å². The SMILES string of the molecule is OC(c1ccc(C(F)(F)F)cc1)C(c1ccc(C(F)(F)F)cc1)n1ccc2ccccc21. The number of aliphatic hydroxyl groups is 1. The summed E-state index contributed by atoms with van der Waals surface area (Å²) in [7, 11) is 0. The predicted octanol–water partition coefficient (Wildman–Crippen LogP) is 7.00. The lowest BCUT2D eigenvalue weighted by Crippen LogP contribution is -2.19. The van der Waals surface area contributed by atoms with Gasteiger partial charge in [0.2, 0.25) is 0 Å². The number of fused-ring (bicyclic) bond motifs is 1. The summed E-state index contributed by atoms with van der Waals surface area (Å²) in [5.74, 6) is 0. The van der Waals surface area contributed by atoms with Crippen LogP contribution in [0.1, 0.15) is 34.4 Å². The summed E-state index contributed by atoms with van der Waals surface area (Å²) in [4.78, 5) is 0. The molecule has 0 bridgehead atoms. The average Bonchev–Trinajstić information content (AvgIpc) is 3.17. The molecule has 0 fully saturated rings. The molecule has 0 aliphatic heterocycles. The Balaban J connectivity index is 1.80. The molecule has 8 heteroatoms. The van der Waals surface area contributed by atoms with Gasteiger partial charge >= 0.3 is 12.4 Å². The Labute approximate surface area is 179 Å². The molecule has 0 aliphatic carbocycles. The van der Waals surface area contributed by atoms with Gasteiger partial charge in [0, 0.05) is 11.7 Å². The molecule has 0 aliphatic rings. The number of aromatic nitrogens is 1. The highest BCUT2D eigenvalue weighted by Gasteiger charge is 2.33. The molecule has 4 rings (SSSR count). The molecule has 0 spiro atoms. The summed E-state index contributed by atoms with van der Waals surface area (Å²) < 4.78 is 79.5. The fourth-order valence-corrected chi connectivity index (χ4v) is 3.76. The third-order valence-corrected chi connectivity index (χ3v) is 5.39. The van der Waals surface area contributed by atoms with Gasteiger partial charge in [-0.05, 0) is 52.9 Å². The van der Waals surface area contributed by atoms with Gasteiger partial charge in [-0.15, -0.1) is 0 Å². The lowest BCUT2D eigenvalue weighted by molar-refractivity contribution is -0.138.